The topological polar surface area (TPSA) is 153 Å². The second kappa shape index (κ2) is 12.9. The van der Waals surface area contributed by atoms with Gasteiger partial charge in [-0.25, -0.2) is 14.4 Å². The number of aromatic nitrogens is 1. The maximum absolute atomic E-state index is 13.2. The van der Waals surface area contributed by atoms with Gasteiger partial charge in [0.05, 0.1) is 27.8 Å². The molecule has 5 rings (SSSR count). The predicted octanol–water partition coefficient (Wildman–Crippen LogP) is 3.96. The molecule has 0 saturated carbocycles. The van der Waals surface area contributed by atoms with Gasteiger partial charge >= 0.3 is 17.9 Å². The Hall–Kier alpha value is -5.62. The number of pyridine rings is 1. The minimum Gasteiger partial charge on any atom is -0.459 e. The largest absolute Gasteiger partial charge is 0.459 e. The molecule has 12 nitrogen and oxygen atoms in total. The summed E-state index contributed by atoms with van der Waals surface area (Å²) in [6.45, 7) is -0.472. The molecule has 1 unspecified atom stereocenters. The number of nitrogens with zero attached hydrogens (tertiary/aromatic N) is 2. The Morgan fingerprint density at radius 1 is 0.721 bits per heavy atom. The molecule has 3 aromatic carbocycles. The van der Waals surface area contributed by atoms with Crippen molar-refractivity contribution < 1.29 is 38.3 Å². The molecular weight excluding hydrogens is 560 g/mol. The molecule has 1 fully saturated rings. The number of carbonyl (C=O) groups excluding carboxylic acids is 3. The highest BCUT2D eigenvalue weighted by molar-refractivity contribution is 5.91. The van der Waals surface area contributed by atoms with Crippen LogP contribution in [0.25, 0.3) is 0 Å². The molecule has 0 aliphatic carbocycles. The van der Waals surface area contributed by atoms with Crippen molar-refractivity contribution in [3.8, 4) is 0 Å². The second-order valence-electron chi connectivity index (χ2n) is 9.39. The SMILES string of the molecule is O=C(OC[C@H]1O[C@@H](n2cc([N+](=O)[O-])ccc2=O)[C@@H](OC(=O)c2ccccc2)C1OC(=O)c1ccccc1)c1ccccc1. The quantitative estimate of drug-likeness (QED) is 0.122. The van der Waals surface area contributed by atoms with Gasteiger partial charge in [-0.15, -0.1) is 0 Å². The van der Waals surface area contributed by atoms with E-state index >= 15 is 0 Å². The third kappa shape index (κ3) is 6.66. The summed E-state index contributed by atoms with van der Waals surface area (Å²) in [5.41, 5.74) is -0.581. The fourth-order valence-electron chi connectivity index (χ4n) is 4.48. The zero-order chi connectivity index (χ0) is 30.3. The van der Waals surface area contributed by atoms with Gasteiger partial charge in [-0.3, -0.25) is 19.5 Å². The first-order valence-electron chi connectivity index (χ1n) is 13.1. The fraction of sp³-hybridized carbons (Fsp3) is 0.161. The van der Waals surface area contributed by atoms with Crippen LogP contribution in [0, 0.1) is 10.1 Å². The number of esters is 3. The van der Waals surface area contributed by atoms with Crippen molar-refractivity contribution in [2.75, 3.05) is 6.61 Å². The Kier molecular flexibility index (Phi) is 8.68. The summed E-state index contributed by atoms with van der Waals surface area (Å²) in [4.78, 5) is 62.8. The summed E-state index contributed by atoms with van der Waals surface area (Å²) in [6.07, 6.45) is -4.69. The van der Waals surface area contributed by atoms with Gasteiger partial charge in [-0.05, 0) is 36.4 Å². The Bertz CT molecular complexity index is 1680. The number of benzene rings is 3. The Morgan fingerprint density at radius 2 is 1.21 bits per heavy atom. The van der Waals surface area contributed by atoms with E-state index in [1.807, 2.05) is 0 Å². The highest BCUT2D eigenvalue weighted by Crippen LogP contribution is 2.35. The molecule has 1 aromatic heterocycles. The first kappa shape index (κ1) is 28.9. The van der Waals surface area contributed by atoms with Crippen LogP contribution < -0.4 is 5.56 Å². The first-order chi connectivity index (χ1) is 20.8. The molecule has 2 heterocycles. The molecule has 4 atom stereocenters. The van der Waals surface area contributed by atoms with Gasteiger partial charge < -0.3 is 18.9 Å². The maximum atomic E-state index is 13.2. The number of hydrogen-bond donors (Lipinski definition) is 0. The lowest BCUT2D eigenvalue weighted by Gasteiger charge is -2.25. The average molecular weight is 585 g/mol. The molecule has 218 valence electrons. The molecule has 1 aliphatic heterocycles. The maximum Gasteiger partial charge on any atom is 0.338 e. The predicted molar refractivity (Wildman–Crippen MR) is 149 cm³/mol. The van der Waals surface area contributed by atoms with Crippen molar-refractivity contribution in [3.05, 3.63) is 146 Å². The smallest absolute Gasteiger partial charge is 0.338 e. The van der Waals surface area contributed by atoms with Crippen LogP contribution in [0.1, 0.15) is 37.3 Å². The third-order valence-electron chi connectivity index (χ3n) is 6.59. The molecule has 0 radical (unpaired) electrons. The molecule has 1 saturated heterocycles. The van der Waals surface area contributed by atoms with E-state index in [2.05, 4.69) is 0 Å². The third-order valence-corrected chi connectivity index (χ3v) is 6.59. The van der Waals surface area contributed by atoms with Crippen LogP contribution in [0.3, 0.4) is 0 Å². The molecule has 43 heavy (non-hydrogen) atoms. The number of ether oxygens (including phenoxy) is 4. The lowest BCUT2D eigenvalue weighted by Crippen LogP contribution is -2.42. The zero-order valence-electron chi connectivity index (χ0n) is 22.4. The molecule has 12 heteroatoms. The highest BCUT2D eigenvalue weighted by Gasteiger charge is 2.51. The minimum absolute atomic E-state index is 0.153. The van der Waals surface area contributed by atoms with E-state index in [1.54, 1.807) is 66.7 Å². The van der Waals surface area contributed by atoms with E-state index in [-0.39, 0.29) is 16.7 Å². The van der Waals surface area contributed by atoms with Crippen LogP contribution >= 0.6 is 0 Å². The zero-order valence-corrected chi connectivity index (χ0v) is 22.4. The molecule has 0 bridgehead atoms. The number of rotatable bonds is 9. The normalized spacial score (nSPS) is 19.3. The Labute approximate surface area is 244 Å². The summed E-state index contributed by atoms with van der Waals surface area (Å²) in [5, 5.41) is 11.5. The van der Waals surface area contributed by atoms with Crippen molar-refractivity contribution in [1.29, 1.82) is 0 Å². The van der Waals surface area contributed by atoms with Crippen LogP contribution in [0.15, 0.2) is 114 Å². The van der Waals surface area contributed by atoms with E-state index in [4.69, 9.17) is 18.9 Å². The van der Waals surface area contributed by atoms with E-state index in [0.29, 0.717) is 0 Å². The first-order valence-corrected chi connectivity index (χ1v) is 13.1. The molecule has 0 amide bonds. The Morgan fingerprint density at radius 3 is 1.72 bits per heavy atom. The average Bonchev–Trinajstić information content (AvgIpc) is 3.36. The van der Waals surface area contributed by atoms with Crippen molar-refractivity contribution >= 4 is 23.6 Å². The van der Waals surface area contributed by atoms with Crippen LogP contribution in [-0.4, -0.2) is 52.3 Å². The molecule has 0 N–H and O–H groups in total. The standard InChI is InChI=1S/C31H24N2O10/c34-25-17-16-23(33(38)39)18-32(25)28-27(43-31(37)22-14-8-3-9-15-22)26(42-30(36)21-12-6-2-7-13-21)24(41-28)19-40-29(35)20-10-4-1-5-11-20/h1-18,24,26-28H,19H2/t24-,26?,27+,28-/m1/s1. The molecule has 4 aromatic rings. The fourth-order valence-corrected chi connectivity index (χ4v) is 4.48. The van der Waals surface area contributed by atoms with Crippen LogP contribution in [0.2, 0.25) is 0 Å². The van der Waals surface area contributed by atoms with E-state index in [1.165, 1.54) is 24.3 Å². The lowest BCUT2D eigenvalue weighted by atomic mass is 10.1. The van der Waals surface area contributed by atoms with Crippen LogP contribution in [-0.2, 0) is 18.9 Å². The Balaban J connectivity index is 1.53. The van der Waals surface area contributed by atoms with Gasteiger partial charge in [0.15, 0.2) is 18.4 Å². The van der Waals surface area contributed by atoms with Crippen molar-refractivity contribution in [1.82, 2.24) is 4.57 Å². The van der Waals surface area contributed by atoms with Crippen LogP contribution in [0.5, 0.6) is 0 Å². The monoisotopic (exact) mass is 584 g/mol. The number of carbonyl (C=O) groups is 3. The second-order valence-corrected chi connectivity index (χ2v) is 9.39. The van der Waals surface area contributed by atoms with Gasteiger partial charge in [0.2, 0.25) is 0 Å². The highest BCUT2D eigenvalue weighted by atomic mass is 16.7. The van der Waals surface area contributed by atoms with E-state index in [9.17, 15) is 29.3 Å². The van der Waals surface area contributed by atoms with E-state index in [0.717, 1.165) is 22.9 Å². The van der Waals surface area contributed by atoms with Gasteiger partial charge in [0.25, 0.3) is 11.2 Å². The summed E-state index contributed by atoms with van der Waals surface area (Å²) >= 11 is 0. The van der Waals surface area contributed by atoms with Gasteiger partial charge in [-0.2, -0.15) is 0 Å². The number of hydrogen-bond acceptors (Lipinski definition) is 10. The van der Waals surface area contributed by atoms with Gasteiger partial charge in [-0.1, -0.05) is 54.6 Å². The summed E-state index contributed by atoms with van der Waals surface area (Å²) in [5.74, 6) is -2.34. The van der Waals surface area contributed by atoms with Crippen LogP contribution in [0.4, 0.5) is 5.69 Å². The van der Waals surface area contributed by atoms with E-state index < -0.39 is 65.2 Å². The molecule has 0 spiro atoms. The van der Waals surface area contributed by atoms with Gasteiger partial charge in [0, 0.05) is 12.1 Å². The lowest BCUT2D eigenvalue weighted by molar-refractivity contribution is -0.385. The molecule has 1 aliphatic rings. The number of nitro groups is 1. The van der Waals surface area contributed by atoms with Crippen molar-refractivity contribution in [2.45, 2.75) is 24.5 Å². The van der Waals surface area contributed by atoms with Crippen molar-refractivity contribution in [3.63, 3.8) is 0 Å². The summed E-state index contributed by atoms with van der Waals surface area (Å²) < 4.78 is 24.0. The summed E-state index contributed by atoms with van der Waals surface area (Å²) in [7, 11) is 0. The molecular formula is C31H24N2O10. The minimum atomic E-state index is -1.49. The van der Waals surface area contributed by atoms with Crippen molar-refractivity contribution in [2.24, 2.45) is 0 Å². The summed E-state index contributed by atoms with van der Waals surface area (Å²) in [6, 6.07) is 26.0. The van der Waals surface area contributed by atoms with Gasteiger partial charge in [0.1, 0.15) is 12.7 Å².